The first-order chi connectivity index (χ1) is 10.8. The number of hydrogen-bond donors (Lipinski definition) is 0. The molecule has 0 amide bonds. The minimum Gasteiger partial charge on any atom is -0.489 e. The van der Waals surface area contributed by atoms with Crippen LogP contribution in [0.15, 0.2) is 34.3 Å². The summed E-state index contributed by atoms with van der Waals surface area (Å²) in [6.07, 6.45) is 5.83. The number of carbonyl (C=O) groups excluding carboxylic acids is 2. The Morgan fingerprint density at radius 3 is 2.13 bits per heavy atom. The lowest BCUT2D eigenvalue weighted by Gasteiger charge is -2.21. The molecule has 1 aliphatic carbocycles. The Hall–Kier alpha value is -1.84. The molecule has 4 heteroatoms. The van der Waals surface area contributed by atoms with Gasteiger partial charge in [0.1, 0.15) is 0 Å². The van der Waals surface area contributed by atoms with Crippen molar-refractivity contribution in [3.05, 3.63) is 34.3 Å². The Morgan fingerprint density at radius 1 is 1.04 bits per heavy atom. The monoisotopic (exact) mass is 320 g/mol. The molecule has 0 N–H and O–H groups in total. The average molecular weight is 320 g/mol. The molecular weight excluding hydrogens is 292 g/mol. The summed E-state index contributed by atoms with van der Waals surface area (Å²) >= 11 is 0. The van der Waals surface area contributed by atoms with Crippen LogP contribution in [0.5, 0.6) is 0 Å². The third-order valence-corrected chi connectivity index (χ3v) is 4.19. The van der Waals surface area contributed by atoms with Crippen LogP contribution >= 0.6 is 0 Å². The van der Waals surface area contributed by atoms with Gasteiger partial charge in [0.05, 0.1) is 14.2 Å². The Morgan fingerprint density at radius 2 is 1.61 bits per heavy atom. The predicted octanol–water partition coefficient (Wildman–Crippen LogP) is 4.12. The fourth-order valence-corrected chi connectivity index (χ4v) is 2.68. The number of rotatable bonds is 8. The van der Waals surface area contributed by atoms with Crippen molar-refractivity contribution in [1.29, 1.82) is 0 Å². The van der Waals surface area contributed by atoms with E-state index in [0.717, 1.165) is 19.3 Å². The molecule has 1 aliphatic rings. The Kier molecular flexibility index (Phi) is 7.27. The maximum Gasteiger partial charge on any atom is 0.228 e. The van der Waals surface area contributed by atoms with Crippen LogP contribution in [-0.4, -0.2) is 25.8 Å². The second-order valence-corrected chi connectivity index (χ2v) is 6.33. The number of hydrogen-bond acceptors (Lipinski definition) is 4. The van der Waals surface area contributed by atoms with Crippen molar-refractivity contribution in [2.24, 2.45) is 5.92 Å². The van der Waals surface area contributed by atoms with E-state index in [4.69, 9.17) is 9.47 Å². The second kappa shape index (κ2) is 8.70. The van der Waals surface area contributed by atoms with Gasteiger partial charge in [0.15, 0.2) is 0 Å². The largest absolute Gasteiger partial charge is 0.489 e. The Balaban J connectivity index is 2.77. The molecule has 0 aromatic carbocycles. The summed E-state index contributed by atoms with van der Waals surface area (Å²) in [4.78, 5) is 24.8. The molecule has 23 heavy (non-hydrogen) atoms. The Bertz CT molecular complexity index is 560. The molecule has 1 unspecified atom stereocenters. The van der Waals surface area contributed by atoms with Gasteiger partial charge in [-0.2, -0.15) is 0 Å². The van der Waals surface area contributed by atoms with Crippen molar-refractivity contribution >= 4 is 11.6 Å². The van der Waals surface area contributed by atoms with Gasteiger partial charge in [-0.3, -0.25) is 9.59 Å². The van der Waals surface area contributed by atoms with Crippen molar-refractivity contribution in [3.63, 3.8) is 0 Å². The highest BCUT2D eigenvalue weighted by molar-refractivity contribution is 6.23. The van der Waals surface area contributed by atoms with Gasteiger partial charge >= 0.3 is 0 Å². The van der Waals surface area contributed by atoms with Crippen LogP contribution in [0.3, 0.4) is 0 Å². The summed E-state index contributed by atoms with van der Waals surface area (Å²) in [5, 5.41) is 0. The smallest absolute Gasteiger partial charge is 0.228 e. The molecule has 0 fully saturated rings. The van der Waals surface area contributed by atoms with Crippen LogP contribution in [0, 0.1) is 5.92 Å². The van der Waals surface area contributed by atoms with Crippen LogP contribution in [-0.2, 0) is 19.1 Å². The normalized spacial score (nSPS) is 16.6. The minimum absolute atomic E-state index is 0.00959. The highest BCUT2D eigenvalue weighted by Gasteiger charge is 2.34. The molecule has 0 bridgehead atoms. The summed E-state index contributed by atoms with van der Waals surface area (Å²) in [5.41, 5.74) is 2.36. The third-order valence-electron chi connectivity index (χ3n) is 4.19. The van der Waals surface area contributed by atoms with E-state index in [1.54, 1.807) is 6.92 Å². The molecule has 0 radical (unpaired) electrons. The van der Waals surface area contributed by atoms with Crippen LogP contribution in [0.4, 0.5) is 0 Å². The van der Waals surface area contributed by atoms with E-state index in [2.05, 4.69) is 26.8 Å². The van der Waals surface area contributed by atoms with Crippen LogP contribution < -0.4 is 0 Å². The topological polar surface area (TPSA) is 52.6 Å². The Labute approximate surface area is 139 Å². The molecule has 1 rings (SSSR count). The van der Waals surface area contributed by atoms with Gasteiger partial charge in [0.2, 0.25) is 23.1 Å². The molecular formula is C19H28O4. The van der Waals surface area contributed by atoms with E-state index in [1.165, 1.54) is 19.8 Å². The second-order valence-electron chi connectivity index (χ2n) is 6.33. The molecule has 4 nitrogen and oxygen atoms in total. The first-order valence-corrected chi connectivity index (χ1v) is 8.08. The minimum atomic E-state index is -0.254. The van der Waals surface area contributed by atoms with Gasteiger partial charge in [0.25, 0.3) is 0 Å². The molecule has 0 aliphatic heterocycles. The fraction of sp³-hybridized carbons (Fsp3) is 0.579. The SMILES string of the molecule is COC1=C(OC)C(=O)C(CCC(C)CCC=C(C)C)=C(C)C1=O. The molecule has 0 saturated carbocycles. The molecule has 0 spiro atoms. The summed E-state index contributed by atoms with van der Waals surface area (Å²) in [6.45, 7) is 8.06. The lowest BCUT2D eigenvalue weighted by molar-refractivity contribution is -0.121. The van der Waals surface area contributed by atoms with Crippen molar-refractivity contribution in [3.8, 4) is 0 Å². The van der Waals surface area contributed by atoms with Gasteiger partial charge in [-0.15, -0.1) is 0 Å². The number of Topliss-reactive ketones (excluding diaryl/α,β-unsaturated/α-hetero) is 2. The van der Waals surface area contributed by atoms with E-state index in [-0.39, 0.29) is 23.1 Å². The zero-order valence-electron chi connectivity index (χ0n) is 15.1. The van der Waals surface area contributed by atoms with Crippen molar-refractivity contribution in [2.75, 3.05) is 14.2 Å². The number of carbonyl (C=O) groups is 2. The summed E-state index contributed by atoms with van der Waals surface area (Å²) < 4.78 is 10.1. The number of ketones is 2. The number of ether oxygens (including phenoxy) is 2. The van der Waals surface area contributed by atoms with E-state index < -0.39 is 0 Å². The summed E-state index contributed by atoms with van der Waals surface area (Å²) in [6, 6.07) is 0. The van der Waals surface area contributed by atoms with E-state index in [9.17, 15) is 9.59 Å². The molecule has 0 aromatic rings. The fourth-order valence-electron chi connectivity index (χ4n) is 2.68. The van der Waals surface area contributed by atoms with E-state index >= 15 is 0 Å². The lowest BCUT2D eigenvalue weighted by atomic mass is 9.87. The first kappa shape index (κ1) is 19.2. The number of methoxy groups -OCH3 is 2. The zero-order valence-corrected chi connectivity index (χ0v) is 15.1. The molecule has 128 valence electrons. The van der Waals surface area contributed by atoms with Gasteiger partial charge in [0, 0.05) is 11.1 Å². The quantitative estimate of drug-likeness (QED) is 0.498. The van der Waals surface area contributed by atoms with Gasteiger partial charge < -0.3 is 9.47 Å². The van der Waals surface area contributed by atoms with Crippen LogP contribution in [0.1, 0.15) is 53.4 Å². The highest BCUT2D eigenvalue weighted by atomic mass is 16.5. The summed E-state index contributed by atoms with van der Waals surface area (Å²) in [5.74, 6) is 0.0485. The summed E-state index contributed by atoms with van der Waals surface area (Å²) in [7, 11) is 2.77. The van der Waals surface area contributed by atoms with Crippen LogP contribution in [0.25, 0.3) is 0 Å². The van der Waals surface area contributed by atoms with Crippen molar-refractivity contribution in [2.45, 2.75) is 53.4 Å². The van der Waals surface area contributed by atoms with Gasteiger partial charge in [-0.1, -0.05) is 18.6 Å². The molecule has 0 heterocycles. The molecule has 0 saturated heterocycles. The zero-order chi connectivity index (χ0) is 17.6. The highest BCUT2D eigenvalue weighted by Crippen LogP contribution is 2.29. The molecule has 0 aromatic heterocycles. The average Bonchev–Trinajstić information content (AvgIpc) is 2.50. The first-order valence-electron chi connectivity index (χ1n) is 8.08. The lowest BCUT2D eigenvalue weighted by Crippen LogP contribution is -2.25. The predicted molar refractivity (Wildman–Crippen MR) is 90.8 cm³/mol. The van der Waals surface area contributed by atoms with E-state index in [1.807, 2.05) is 0 Å². The molecule has 1 atom stereocenters. The van der Waals surface area contributed by atoms with E-state index in [0.29, 0.717) is 23.5 Å². The van der Waals surface area contributed by atoms with Gasteiger partial charge in [-0.05, 0) is 52.4 Å². The van der Waals surface area contributed by atoms with Crippen molar-refractivity contribution in [1.82, 2.24) is 0 Å². The maximum atomic E-state index is 12.5. The maximum absolute atomic E-state index is 12.5. The number of allylic oxidation sites excluding steroid dienone is 4. The van der Waals surface area contributed by atoms with Crippen molar-refractivity contribution < 1.29 is 19.1 Å². The van der Waals surface area contributed by atoms with Crippen LogP contribution in [0.2, 0.25) is 0 Å². The third kappa shape index (κ3) is 4.81. The van der Waals surface area contributed by atoms with Gasteiger partial charge in [-0.25, -0.2) is 0 Å². The standard InChI is InChI=1S/C19H28O4/c1-12(2)8-7-9-13(3)10-11-15-14(4)16(20)18(22-5)19(23-6)17(15)21/h8,13H,7,9-11H2,1-6H3.